The van der Waals surface area contributed by atoms with Crippen LogP contribution in [0.3, 0.4) is 0 Å². The Labute approximate surface area is 189 Å². The van der Waals surface area contributed by atoms with Crippen LogP contribution in [-0.4, -0.2) is 49.4 Å². The molecule has 1 fully saturated rings. The predicted molar refractivity (Wildman–Crippen MR) is 107 cm³/mol. The smallest absolute Gasteiger partial charge is 0.416 e. The Bertz CT molecular complexity index is 1040. The van der Waals surface area contributed by atoms with Gasteiger partial charge in [-0.2, -0.15) is 26.3 Å². The lowest BCUT2D eigenvalue weighted by Gasteiger charge is -2.36. The molecule has 0 aromatic heterocycles. The third kappa shape index (κ3) is 5.97. The van der Waals surface area contributed by atoms with E-state index in [0.717, 1.165) is 6.07 Å². The monoisotopic (exact) mass is 492 g/mol. The van der Waals surface area contributed by atoms with Gasteiger partial charge >= 0.3 is 12.4 Å². The van der Waals surface area contributed by atoms with E-state index in [1.54, 1.807) is 4.90 Å². The third-order valence-electron chi connectivity index (χ3n) is 5.25. The van der Waals surface area contributed by atoms with Crippen molar-refractivity contribution in [2.75, 3.05) is 37.7 Å². The Balaban J connectivity index is 1.62. The second-order valence-electron chi connectivity index (χ2n) is 7.62. The Morgan fingerprint density at radius 1 is 0.882 bits per heavy atom. The van der Waals surface area contributed by atoms with Gasteiger partial charge in [0.25, 0.3) is 5.91 Å². The van der Waals surface area contributed by atoms with Crippen molar-refractivity contribution in [2.24, 2.45) is 0 Å². The van der Waals surface area contributed by atoms with Gasteiger partial charge in [0.1, 0.15) is 11.6 Å². The standard InChI is InChI=1S/C22H19F7N2O3/c1-13(32)14-2-3-19(18(23)8-14)30-4-6-31(7-5-30)20(33)12-34-17-10-15(21(24,25)26)9-16(11-17)22(27,28)29/h2-3,8-11H,4-7,12H2,1H3. The minimum atomic E-state index is -5.03. The summed E-state index contributed by atoms with van der Waals surface area (Å²) in [5.74, 6) is -2.26. The van der Waals surface area contributed by atoms with Crippen LogP contribution in [-0.2, 0) is 17.1 Å². The summed E-state index contributed by atoms with van der Waals surface area (Å²) >= 11 is 0. The van der Waals surface area contributed by atoms with Crippen molar-refractivity contribution in [1.82, 2.24) is 4.90 Å². The molecule has 0 spiro atoms. The van der Waals surface area contributed by atoms with Gasteiger partial charge < -0.3 is 14.5 Å². The number of halogens is 7. The Hall–Kier alpha value is -3.31. The molecule has 2 aromatic carbocycles. The minimum Gasteiger partial charge on any atom is -0.484 e. The molecule has 1 aliphatic rings. The molecule has 0 aliphatic carbocycles. The van der Waals surface area contributed by atoms with Crippen molar-refractivity contribution >= 4 is 17.4 Å². The summed E-state index contributed by atoms with van der Waals surface area (Å²) in [4.78, 5) is 26.7. The van der Waals surface area contributed by atoms with Crippen molar-refractivity contribution in [1.29, 1.82) is 0 Å². The molecule has 1 heterocycles. The van der Waals surface area contributed by atoms with Crippen molar-refractivity contribution in [3.63, 3.8) is 0 Å². The zero-order valence-corrected chi connectivity index (χ0v) is 17.8. The predicted octanol–water partition coefficient (Wildman–Crippen LogP) is 4.79. The maximum Gasteiger partial charge on any atom is 0.416 e. The number of carbonyl (C=O) groups excluding carboxylic acids is 2. The number of carbonyl (C=O) groups is 2. The minimum absolute atomic E-state index is 0.0318. The van der Waals surface area contributed by atoms with Crippen LogP contribution in [0.25, 0.3) is 0 Å². The number of anilines is 1. The molecule has 5 nitrogen and oxygen atoms in total. The SMILES string of the molecule is CC(=O)c1ccc(N2CCN(C(=O)COc3cc(C(F)(F)F)cc(C(F)(F)F)c3)CC2)c(F)c1. The highest BCUT2D eigenvalue weighted by Gasteiger charge is 2.37. The number of rotatable bonds is 5. The Morgan fingerprint density at radius 2 is 1.44 bits per heavy atom. The molecule has 0 bridgehead atoms. The van der Waals surface area contributed by atoms with E-state index in [9.17, 15) is 40.3 Å². The van der Waals surface area contributed by atoms with E-state index in [1.807, 2.05) is 0 Å². The molecule has 0 radical (unpaired) electrons. The van der Waals surface area contributed by atoms with Crippen LogP contribution in [0.15, 0.2) is 36.4 Å². The van der Waals surface area contributed by atoms with E-state index in [0.29, 0.717) is 12.1 Å². The summed E-state index contributed by atoms with van der Waals surface area (Å²) in [5, 5.41) is 0. The van der Waals surface area contributed by atoms with Crippen LogP contribution in [0.4, 0.5) is 36.4 Å². The summed E-state index contributed by atoms with van der Waals surface area (Å²) < 4.78 is 97.0. The average Bonchev–Trinajstić information content (AvgIpc) is 2.76. The average molecular weight is 492 g/mol. The fourth-order valence-electron chi connectivity index (χ4n) is 3.43. The van der Waals surface area contributed by atoms with E-state index in [1.165, 1.54) is 24.0 Å². The molecule has 34 heavy (non-hydrogen) atoms. The first kappa shape index (κ1) is 25.3. The van der Waals surface area contributed by atoms with Gasteiger partial charge in [-0.15, -0.1) is 0 Å². The number of hydrogen-bond acceptors (Lipinski definition) is 4. The molecule has 184 valence electrons. The van der Waals surface area contributed by atoms with Gasteiger partial charge in [0.15, 0.2) is 12.4 Å². The number of Topliss-reactive ketones (excluding diaryl/α,β-unsaturated/α-hetero) is 1. The lowest BCUT2D eigenvalue weighted by atomic mass is 10.1. The maximum atomic E-state index is 14.3. The molecule has 0 atom stereocenters. The van der Waals surface area contributed by atoms with Gasteiger partial charge in [0, 0.05) is 31.7 Å². The number of amides is 1. The largest absolute Gasteiger partial charge is 0.484 e. The summed E-state index contributed by atoms with van der Waals surface area (Å²) in [5.41, 5.74) is -2.63. The Kier molecular flexibility index (Phi) is 7.08. The number of ether oxygens (including phenoxy) is 1. The highest BCUT2D eigenvalue weighted by atomic mass is 19.4. The number of nitrogens with zero attached hydrogens (tertiary/aromatic N) is 2. The molecule has 1 aliphatic heterocycles. The van der Waals surface area contributed by atoms with Crippen LogP contribution in [0.1, 0.15) is 28.4 Å². The van der Waals surface area contributed by atoms with Crippen molar-refractivity contribution < 1.29 is 45.1 Å². The van der Waals surface area contributed by atoms with Crippen LogP contribution in [0.5, 0.6) is 5.75 Å². The zero-order chi connectivity index (χ0) is 25.3. The lowest BCUT2D eigenvalue weighted by Crippen LogP contribution is -2.50. The summed E-state index contributed by atoms with van der Waals surface area (Å²) in [6.45, 7) is 1.26. The molecular formula is C22H19F7N2O3. The Morgan fingerprint density at radius 3 is 1.91 bits per heavy atom. The summed E-state index contributed by atoms with van der Waals surface area (Å²) in [7, 11) is 0. The molecule has 0 N–H and O–H groups in total. The van der Waals surface area contributed by atoms with E-state index in [4.69, 9.17) is 4.74 Å². The highest BCUT2D eigenvalue weighted by molar-refractivity contribution is 5.94. The fraction of sp³-hybridized carbons (Fsp3) is 0.364. The first-order valence-corrected chi connectivity index (χ1v) is 10.0. The van der Waals surface area contributed by atoms with Crippen molar-refractivity contribution in [2.45, 2.75) is 19.3 Å². The second-order valence-corrected chi connectivity index (χ2v) is 7.62. The normalized spacial score (nSPS) is 14.8. The van der Waals surface area contributed by atoms with E-state index < -0.39 is 47.6 Å². The molecule has 1 saturated heterocycles. The van der Waals surface area contributed by atoms with Crippen LogP contribution in [0.2, 0.25) is 0 Å². The fourth-order valence-corrected chi connectivity index (χ4v) is 3.43. The lowest BCUT2D eigenvalue weighted by molar-refractivity contribution is -0.143. The van der Waals surface area contributed by atoms with Crippen LogP contribution in [0, 0.1) is 5.82 Å². The first-order chi connectivity index (χ1) is 15.8. The van der Waals surface area contributed by atoms with Crippen LogP contribution < -0.4 is 9.64 Å². The van der Waals surface area contributed by atoms with Crippen molar-refractivity contribution in [3.8, 4) is 5.75 Å². The van der Waals surface area contributed by atoms with Gasteiger partial charge in [0.05, 0.1) is 16.8 Å². The number of alkyl halides is 6. The second kappa shape index (κ2) is 9.51. The van der Waals surface area contributed by atoms with Gasteiger partial charge in [-0.25, -0.2) is 4.39 Å². The molecular weight excluding hydrogens is 473 g/mol. The quantitative estimate of drug-likeness (QED) is 0.445. The zero-order valence-electron chi connectivity index (χ0n) is 17.8. The first-order valence-electron chi connectivity index (χ1n) is 10.0. The third-order valence-corrected chi connectivity index (χ3v) is 5.25. The van der Waals surface area contributed by atoms with E-state index in [2.05, 4.69) is 0 Å². The van der Waals surface area contributed by atoms with Crippen molar-refractivity contribution in [3.05, 3.63) is 58.9 Å². The molecule has 0 unspecified atom stereocenters. The number of benzene rings is 2. The van der Waals surface area contributed by atoms with Gasteiger partial charge in [-0.1, -0.05) is 0 Å². The topological polar surface area (TPSA) is 49.9 Å². The van der Waals surface area contributed by atoms with Gasteiger partial charge in [0.2, 0.25) is 0 Å². The van der Waals surface area contributed by atoms with Crippen LogP contribution >= 0.6 is 0 Å². The van der Waals surface area contributed by atoms with Gasteiger partial charge in [-0.05, 0) is 43.3 Å². The summed E-state index contributed by atoms with van der Waals surface area (Å²) in [6, 6.07) is 4.82. The highest BCUT2D eigenvalue weighted by Crippen LogP contribution is 2.38. The molecule has 1 amide bonds. The summed E-state index contributed by atoms with van der Waals surface area (Å²) in [6.07, 6.45) is -10.1. The molecule has 12 heteroatoms. The number of hydrogen-bond donors (Lipinski definition) is 0. The number of ketones is 1. The molecule has 0 saturated carbocycles. The maximum absolute atomic E-state index is 14.3. The van der Waals surface area contributed by atoms with E-state index in [-0.39, 0.29) is 49.3 Å². The number of piperazine rings is 1. The molecule has 3 rings (SSSR count). The van der Waals surface area contributed by atoms with Gasteiger partial charge in [-0.3, -0.25) is 9.59 Å². The molecule has 2 aromatic rings. The van der Waals surface area contributed by atoms with E-state index >= 15 is 0 Å².